The van der Waals surface area contributed by atoms with Crippen LogP contribution in [-0.2, 0) is 11.3 Å². The average Bonchev–Trinajstić information content (AvgIpc) is 2.53. The SMILES string of the molecule is CC(C)NC(=O)Cn1c(=S)[nH]c2cc(F)ccc21. The summed E-state index contributed by atoms with van der Waals surface area (Å²) in [7, 11) is 0. The predicted molar refractivity (Wildman–Crippen MR) is 70.4 cm³/mol. The van der Waals surface area contributed by atoms with Gasteiger partial charge in [-0.25, -0.2) is 4.39 Å². The van der Waals surface area contributed by atoms with Crippen LogP contribution in [0.15, 0.2) is 18.2 Å². The molecule has 96 valence electrons. The lowest BCUT2D eigenvalue weighted by Crippen LogP contribution is -2.33. The molecule has 0 saturated carbocycles. The average molecular weight is 267 g/mol. The van der Waals surface area contributed by atoms with Crippen LogP contribution in [0.4, 0.5) is 4.39 Å². The molecule has 1 heterocycles. The molecule has 0 aliphatic rings. The van der Waals surface area contributed by atoms with E-state index < -0.39 is 0 Å². The molecular weight excluding hydrogens is 253 g/mol. The van der Waals surface area contributed by atoms with Crippen LogP contribution in [0.3, 0.4) is 0 Å². The summed E-state index contributed by atoms with van der Waals surface area (Å²) in [6.45, 7) is 3.91. The molecule has 6 heteroatoms. The first-order chi connectivity index (χ1) is 8.47. The van der Waals surface area contributed by atoms with Gasteiger partial charge in [0, 0.05) is 6.04 Å². The molecule has 1 amide bonds. The lowest BCUT2D eigenvalue weighted by Gasteiger charge is -2.09. The topological polar surface area (TPSA) is 49.8 Å². The van der Waals surface area contributed by atoms with Gasteiger partial charge in [-0.05, 0) is 44.3 Å². The number of nitrogens with zero attached hydrogens (tertiary/aromatic N) is 1. The first-order valence-corrected chi connectivity index (χ1v) is 6.05. The molecule has 1 aromatic heterocycles. The molecule has 0 radical (unpaired) electrons. The van der Waals surface area contributed by atoms with Gasteiger partial charge in [-0.2, -0.15) is 0 Å². The molecule has 0 fully saturated rings. The van der Waals surface area contributed by atoms with E-state index in [0.29, 0.717) is 10.3 Å². The van der Waals surface area contributed by atoms with Crippen molar-refractivity contribution >= 4 is 29.2 Å². The Hall–Kier alpha value is -1.69. The number of halogens is 1. The number of hydrogen-bond donors (Lipinski definition) is 2. The van der Waals surface area contributed by atoms with Gasteiger partial charge in [0.1, 0.15) is 12.4 Å². The number of hydrogen-bond acceptors (Lipinski definition) is 2. The highest BCUT2D eigenvalue weighted by molar-refractivity contribution is 7.71. The molecule has 18 heavy (non-hydrogen) atoms. The van der Waals surface area contributed by atoms with Gasteiger partial charge in [0.25, 0.3) is 0 Å². The molecule has 0 atom stereocenters. The van der Waals surface area contributed by atoms with Crippen LogP contribution in [0.2, 0.25) is 0 Å². The number of rotatable bonds is 3. The van der Waals surface area contributed by atoms with Crippen molar-refractivity contribution < 1.29 is 9.18 Å². The fourth-order valence-electron chi connectivity index (χ4n) is 1.80. The fraction of sp³-hybridized carbons (Fsp3) is 0.333. The third-order valence-electron chi connectivity index (χ3n) is 2.49. The number of aromatic amines is 1. The van der Waals surface area contributed by atoms with Crippen molar-refractivity contribution in [2.24, 2.45) is 0 Å². The Morgan fingerprint density at radius 1 is 1.56 bits per heavy atom. The number of benzene rings is 1. The number of H-pyrrole nitrogens is 1. The Morgan fingerprint density at radius 2 is 2.28 bits per heavy atom. The number of carbonyl (C=O) groups is 1. The van der Waals surface area contributed by atoms with Crippen molar-refractivity contribution in [3.8, 4) is 0 Å². The fourth-order valence-corrected chi connectivity index (χ4v) is 2.08. The molecule has 0 bridgehead atoms. The Morgan fingerprint density at radius 3 is 2.94 bits per heavy atom. The maximum Gasteiger partial charge on any atom is 0.240 e. The quantitative estimate of drug-likeness (QED) is 0.839. The van der Waals surface area contributed by atoms with E-state index in [2.05, 4.69) is 10.3 Å². The Kier molecular flexibility index (Phi) is 3.47. The van der Waals surface area contributed by atoms with Crippen LogP contribution in [0, 0.1) is 10.6 Å². The van der Waals surface area contributed by atoms with E-state index in [1.807, 2.05) is 13.8 Å². The zero-order valence-corrected chi connectivity index (χ0v) is 11.0. The number of carbonyl (C=O) groups excluding carboxylic acids is 1. The van der Waals surface area contributed by atoms with Crippen molar-refractivity contribution in [3.63, 3.8) is 0 Å². The molecule has 0 unspecified atom stereocenters. The van der Waals surface area contributed by atoms with Crippen molar-refractivity contribution in [2.45, 2.75) is 26.4 Å². The molecule has 0 aliphatic heterocycles. The number of fused-ring (bicyclic) bond motifs is 1. The lowest BCUT2D eigenvalue weighted by atomic mass is 10.3. The lowest BCUT2D eigenvalue weighted by molar-refractivity contribution is -0.122. The number of imidazole rings is 1. The van der Waals surface area contributed by atoms with Crippen molar-refractivity contribution in [1.29, 1.82) is 0 Å². The maximum absolute atomic E-state index is 13.1. The van der Waals surface area contributed by atoms with Crippen LogP contribution in [0.25, 0.3) is 11.0 Å². The minimum Gasteiger partial charge on any atom is -0.352 e. The standard InChI is InChI=1S/C12H14FN3OS/c1-7(2)14-11(17)6-16-10-4-3-8(13)5-9(10)15-12(16)18/h3-5,7H,6H2,1-2H3,(H,14,17)(H,15,18). The third kappa shape index (κ3) is 2.59. The Labute approximate surface area is 109 Å². The third-order valence-corrected chi connectivity index (χ3v) is 2.81. The second-order valence-electron chi connectivity index (χ2n) is 4.40. The largest absolute Gasteiger partial charge is 0.352 e. The highest BCUT2D eigenvalue weighted by Gasteiger charge is 2.10. The number of nitrogens with one attached hydrogen (secondary N) is 2. The monoisotopic (exact) mass is 267 g/mol. The Bertz CT molecular complexity index is 644. The number of amides is 1. The van der Waals surface area contributed by atoms with Crippen molar-refractivity contribution in [1.82, 2.24) is 14.9 Å². The highest BCUT2D eigenvalue weighted by atomic mass is 32.1. The molecule has 0 aliphatic carbocycles. The summed E-state index contributed by atoms with van der Waals surface area (Å²) in [5.74, 6) is -0.455. The summed E-state index contributed by atoms with van der Waals surface area (Å²) < 4.78 is 15.1. The summed E-state index contributed by atoms with van der Waals surface area (Å²) >= 11 is 5.13. The second-order valence-corrected chi connectivity index (χ2v) is 4.79. The maximum atomic E-state index is 13.1. The zero-order chi connectivity index (χ0) is 13.3. The van der Waals surface area contributed by atoms with E-state index in [1.165, 1.54) is 12.1 Å². The van der Waals surface area contributed by atoms with E-state index >= 15 is 0 Å². The van der Waals surface area contributed by atoms with E-state index in [0.717, 1.165) is 5.52 Å². The molecule has 1 aromatic carbocycles. The first kappa shape index (κ1) is 12.8. The van der Waals surface area contributed by atoms with Gasteiger partial charge in [0.2, 0.25) is 5.91 Å². The molecule has 0 spiro atoms. The van der Waals surface area contributed by atoms with E-state index in [-0.39, 0.29) is 24.3 Å². The van der Waals surface area contributed by atoms with Crippen LogP contribution >= 0.6 is 12.2 Å². The first-order valence-electron chi connectivity index (χ1n) is 5.65. The van der Waals surface area contributed by atoms with Gasteiger partial charge in [-0.15, -0.1) is 0 Å². The Balaban J connectivity index is 2.36. The van der Waals surface area contributed by atoms with Gasteiger partial charge >= 0.3 is 0 Å². The van der Waals surface area contributed by atoms with Crippen LogP contribution in [0.5, 0.6) is 0 Å². The van der Waals surface area contributed by atoms with Crippen LogP contribution in [0.1, 0.15) is 13.8 Å². The zero-order valence-electron chi connectivity index (χ0n) is 10.2. The summed E-state index contributed by atoms with van der Waals surface area (Å²) in [6, 6.07) is 4.40. The minimum atomic E-state index is -0.336. The number of aromatic nitrogens is 2. The predicted octanol–water partition coefficient (Wildman–Crippen LogP) is 2.36. The molecule has 2 aromatic rings. The van der Waals surface area contributed by atoms with Gasteiger partial charge in [0.15, 0.2) is 4.77 Å². The van der Waals surface area contributed by atoms with Gasteiger partial charge in [-0.3, -0.25) is 4.79 Å². The summed E-state index contributed by atoms with van der Waals surface area (Å²) in [5, 5.41) is 2.79. The van der Waals surface area contributed by atoms with E-state index in [1.54, 1.807) is 10.6 Å². The van der Waals surface area contributed by atoms with Crippen LogP contribution < -0.4 is 5.32 Å². The molecule has 0 saturated heterocycles. The van der Waals surface area contributed by atoms with E-state index in [9.17, 15) is 9.18 Å². The second kappa shape index (κ2) is 4.89. The molecule has 2 rings (SSSR count). The normalized spacial score (nSPS) is 11.1. The summed E-state index contributed by atoms with van der Waals surface area (Å²) in [5.41, 5.74) is 1.32. The van der Waals surface area contributed by atoms with Gasteiger partial charge < -0.3 is 14.9 Å². The summed E-state index contributed by atoms with van der Waals surface area (Å²) in [6.07, 6.45) is 0. The molecule has 2 N–H and O–H groups in total. The highest BCUT2D eigenvalue weighted by Crippen LogP contribution is 2.15. The summed E-state index contributed by atoms with van der Waals surface area (Å²) in [4.78, 5) is 14.6. The van der Waals surface area contributed by atoms with Crippen molar-refractivity contribution in [2.75, 3.05) is 0 Å². The van der Waals surface area contributed by atoms with Crippen LogP contribution in [-0.4, -0.2) is 21.5 Å². The smallest absolute Gasteiger partial charge is 0.240 e. The van der Waals surface area contributed by atoms with Gasteiger partial charge in [-0.1, -0.05) is 0 Å². The minimum absolute atomic E-state index is 0.0781. The van der Waals surface area contributed by atoms with Crippen molar-refractivity contribution in [3.05, 3.63) is 28.8 Å². The molecule has 4 nitrogen and oxygen atoms in total. The van der Waals surface area contributed by atoms with E-state index in [4.69, 9.17) is 12.2 Å². The van der Waals surface area contributed by atoms with Gasteiger partial charge in [0.05, 0.1) is 11.0 Å². The molecular formula is C12H14FN3OS.